The van der Waals surface area contributed by atoms with Crippen LogP contribution >= 0.6 is 0 Å². The summed E-state index contributed by atoms with van der Waals surface area (Å²) in [6.45, 7) is 0.654. The highest BCUT2D eigenvalue weighted by Gasteiger charge is 2.38. The van der Waals surface area contributed by atoms with Gasteiger partial charge >= 0.3 is 5.97 Å². The second-order valence-corrected chi connectivity index (χ2v) is 7.38. The molecule has 1 aliphatic heterocycles. The highest BCUT2D eigenvalue weighted by molar-refractivity contribution is 5.75. The van der Waals surface area contributed by atoms with Crippen molar-refractivity contribution in [2.75, 3.05) is 13.6 Å². The lowest BCUT2D eigenvalue weighted by Gasteiger charge is -2.30. The highest BCUT2D eigenvalue weighted by atomic mass is 16.4. The van der Waals surface area contributed by atoms with Crippen molar-refractivity contribution in [3.8, 4) is 0 Å². The molecule has 1 saturated heterocycles. The molecule has 0 amide bonds. The van der Waals surface area contributed by atoms with Crippen molar-refractivity contribution in [2.45, 2.75) is 56.8 Å². The van der Waals surface area contributed by atoms with Crippen molar-refractivity contribution in [2.24, 2.45) is 5.92 Å². The minimum Gasteiger partial charge on any atom is -0.480 e. The Balaban J connectivity index is 1.70. The third-order valence-electron chi connectivity index (χ3n) is 5.68. The Morgan fingerprint density at radius 3 is 2.60 bits per heavy atom. The second-order valence-electron chi connectivity index (χ2n) is 7.38. The number of fused-ring (bicyclic) bond motifs is 1. The van der Waals surface area contributed by atoms with Crippen LogP contribution in [0.15, 0.2) is 24.3 Å². The van der Waals surface area contributed by atoms with Crippen LogP contribution < -0.4 is 10.9 Å². The van der Waals surface area contributed by atoms with Crippen LogP contribution in [-0.4, -0.2) is 46.8 Å². The van der Waals surface area contributed by atoms with E-state index in [9.17, 15) is 9.90 Å². The average Bonchev–Trinajstić information content (AvgIpc) is 2.82. The van der Waals surface area contributed by atoms with Crippen molar-refractivity contribution in [3.63, 3.8) is 0 Å². The molecule has 1 saturated carbocycles. The first kappa shape index (κ1) is 18.3. The van der Waals surface area contributed by atoms with Crippen LogP contribution in [0.5, 0.6) is 0 Å². The number of carboxylic acid groups (broad SMARTS) is 1. The molecule has 1 heterocycles. The molecule has 1 aliphatic carbocycles. The zero-order valence-corrected chi connectivity index (χ0v) is 14.8. The summed E-state index contributed by atoms with van der Waals surface area (Å²) in [5, 5.41) is 18.9. The van der Waals surface area contributed by atoms with E-state index in [0.29, 0.717) is 18.5 Å². The van der Waals surface area contributed by atoms with Crippen molar-refractivity contribution in [1.82, 2.24) is 15.8 Å². The molecule has 2 fully saturated rings. The van der Waals surface area contributed by atoms with Gasteiger partial charge in [-0.05, 0) is 36.9 Å². The fourth-order valence-corrected chi connectivity index (χ4v) is 4.31. The molecule has 0 bridgehead atoms. The van der Waals surface area contributed by atoms with E-state index in [1.165, 1.54) is 32.1 Å². The zero-order valence-electron chi connectivity index (χ0n) is 14.8. The van der Waals surface area contributed by atoms with E-state index in [2.05, 4.69) is 10.9 Å². The van der Waals surface area contributed by atoms with Crippen LogP contribution in [0, 0.1) is 5.92 Å². The molecule has 4 atom stereocenters. The molecule has 4 N–H and O–H groups in total. The molecule has 0 aromatic heterocycles. The van der Waals surface area contributed by atoms with E-state index in [0.717, 1.165) is 11.1 Å². The van der Waals surface area contributed by atoms with Gasteiger partial charge in [0.2, 0.25) is 0 Å². The number of hydrogen-bond acceptors (Lipinski definition) is 5. The van der Waals surface area contributed by atoms with E-state index >= 15 is 0 Å². The Labute approximate surface area is 149 Å². The van der Waals surface area contributed by atoms with Gasteiger partial charge < -0.3 is 10.2 Å². The summed E-state index contributed by atoms with van der Waals surface area (Å²) >= 11 is 0. The second kappa shape index (κ2) is 8.27. The van der Waals surface area contributed by atoms with E-state index in [-0.39, 0.29) is 12.6 Å². The molecule has 1 aromatic rings. The van der Waals surface area contributed by atoms with Gasteiger partial charge in [0.15, 0.2) is 0 Å². The van der Waals surface area contributed by atoms with Crippen LogP contribution in [0.25, 0.3) is 0 Å². The van der Waals surface area contributed by atoms with E-state index in [1.54, 1.807) is 24.3 Å². The van der Waals surface area contributed by atoms with Gasteiger partial charge in [0.25, 0.3) is 0 Å². The lowest BCUT2D eigenvalue weighted by molar-refractivity contribution is -0.143. The van der Waals surface area contributed by atoms with Crippen molar-refractivity contribution in [1.29, 1.82) is 0 Å². The SMILES string of the molecule is CN(CC1NNC2CCCCCC21)C(C(=O)O)c1ccc(CO)cc1. The van der Waals surface area contributed by atoms with Gasteiger partial charge in [0.1, 0.15) is 6.04 Å². The molecule has 25 heavy (non-hydrogen) atoms. The van der Waals surface area contributed by atoms with Gasteiger partial charge in [-0.2, -0.15) is 0 Å². The number of aliphatic hydroxyl groups excluding tert-OH is 1. The number of benzene rings is 1. The van der Waals surface area contributed by atoms with Gasteiger partial charge in [-0.3, -0.25) is 20.5 Å². The number of carboxylic acids is 1. The fourth-order valence-electron chi connectivity index (χ4n) is 4.31. The first-order chi connectivity index (χ1) is 12.1. The summed E-state index contributed by atoms with van der Waals surface area (Å²) in [6, 6.07) is 7.27. The van der Waals surface area contributed by atoms with Gasteiger partial charge in [-0.1, -0.05) is 43.5 Å². The summed E-state index contributed by atoms with van der Waals surface area (Å²) in [6.07, 6.45) is 6.23. The maximum absolute atomic E-state index is 11.9. The molecule has 0 spiro atoms. The molecule has 4 unspecified atom stereocenters. The normalized spacial score (nSPS) is 27.7. The summed E-state index contributed by atoms with van der Waals surface area (Å²) < 4.78 is 0. The van der Waals surface area contributed by atoms with Gasteiger partial charge in [0, 0.05) is 18.6 Å². The highest BCUT2D eigenvalue weighted by Crippen LogP contribution is 2.30. The monoisotopic (exact) mass is 347 g/mol. The number of aliphatic carboxylic acids is 1. The Hall–Kier alpha value is -1.47. The zero-order chi connectivity index (χ0) is 17.8. The van der Waals surface area contributed by atoms with E-state index < -0.39 is 12.0 Å². The third kappa shape index (κ3) is 4.20. The largest absolute Gasteiger partial charge is 0.480 e. The molecule has 6 heteroatoms. The number of nitrogens with one attached hydrogen (secondary N) is 2. The van der Waals surface area contributed by atoms with Crippen LogP contribution in [0.1, 0.15) is 49.3 Å². The fraction of sp³-hybridized carbons (Fsp3) is 0.632. The summed E-state index contributed by atoms with van der Waals surface area (Å²) in [4.78, 5) is 13.8. The van der Waals surface area contributed by atoms with Crippen LogP contribution in [0.3, 0.4) is 0 Å². The Bertz CT molecular complexity index is 578. The maximum Gasteiger partial charge on any atom is 0.325 e. The number of aliphatic hydroxyl groups is 1. The standard InChI is InChI=1S/C19H29N3O3/c1-22(11-17-15-5-3-2-4-6-16(15)20-21-17)18(19(24)25)14-9-7-13(12-23)8-10-14/h7-10,15-18,20-21,23H,2-6,11-12H2,1H3,(H,24,25). The predicted octanol–water partition coefficient (Wildman–Crippen LogP) is 1.66. The van der Waals surface area contributed by atoms with Gasteiger partial charge in [-0.25, -0.2) is 0 Å². The summed E-state index contributed by atoms with van der Waals surface area (Å²) in [5.74, 6) is -0.279. The smallest absolute Gasteiger partial charge is 0.325 e. The number of likely N-dealkylation sites (N-methyl/N-ethyl adjacent to an activating group) is 1. The minimum atomic E-state index is -0.845. The van der Waals surface area contributed by atoms with E-state index in [1.807, 2.05) is 11.9 Å². The quantitative estimate of drug-likeness (QED) is 0.626. The average molecular weight is 347 g/mol. The Morgan fingerprint density at radius 2 is 1.92 bits per heavy atom. The van der Waals surface area contributed by atoms with Crippen molar-refractivity contribution < 1.29 is 15.0 Å². The van der Waals surface area contributed by atoms with Crippen LogP contribution in [0.2, 0.25) is 0 Å². The maximum atomic E-state index is 11.9. The Kier molecular flexibility index (Phi) is 6.06. The molecule has 2 aliphatic rings. The first-order valence-corrected chi connectivity index (χ1v) is 9.24. The van der Waals surface area contributed by atoms with Crippen LogP contribution in [0.4, 0.5) is 0 Å². The number of nitrogens with zero attached hydrogens (tertiary/aromatic N) is 1. The number of hydrogen-bond donors (Lipinski definition) is 4. The van der Waals surface area contributed by atoms with Crippen molar-refractivity contribution >= 4 is 5.97 Å². The topological polar surface area (TPSA) is 84.8 Å². The van der Waals surface area contributed by atoms with Gasteiger partial charge in [0.05, 0.1) is 6.61 Å². The Morgan fingerprint density at radius 1 is 1.20 bits per heavy atom. The molecular formula is C19H29N3O3. The predicted molar refractivity (Wildman–Crippen MR) is 95.8 cm³/mol. The number of hydrazine groups is 1. The molecular weight excluding hydrogens is 318 g/mol. The van der Waals surface area contributed by atoms with Gasteiger partial charge in [-0.15, -0.1) is 0 Å². The number of carbonyl (C=O) groups is 1. The summed E-state index contributed by atoms with van der Waals surface area (Å²) in [7, 11) is 1.88. The van der Waals surface area contributed by atoms with E-state index in [4.69, 9.17) is 5.11 Å². The minimum absolute atomic E-state index is 0.0331. The molecule has 3 rings (SSSR count). The lowest BCUT2D eigenvalue weighted by Crippen LogP contribution is -2.44. The summed E-state index contributed by atoms with van der Waals surface area (Å²) in [5.41, 5.74) is 8.36. The molecule has 138 valence electrons. The van der Waals surface area contributed by atoms with Crippen LogP contribution in [-0.2, 0) is 11.4 Å². The first-order valence-electron chi connectivity index (χ1n) is 9.24. The molecule has 6 nitrogen and oxygen atoms in total. The molecule has 1 aromatic carbocycles. The lowest BCUT2D eigenvalue weighted by atomic mass is 9.89. The van der Waals surface area contributed by atoms with Crippen molar-refractivity contribution in [3.05, 3.63) is 35.4 Å². The third-order valence-corrected chi connectivity index (χ3v) is 5.68. The molecule has 0 radical (unpaired) electrons. The number of rotatable bonds is 6.